The summed E-state index contributed by atoms with van der Waals surface area (Å²) in [4.78, 5) is 10.7. The number of rotatable bonds is 7. The fourth-order valence-corrected chi connectivity index (χ4v) is 2.26. The number of carbonyl (C=O) groups excluding carboxylic acids is 1. The maximum Gasteiger partial charge on any atom is 0.179 e. The fraction of sp³-hybridized carbons (Fsp3) is 0.417. The minimum Gasteiger partial charge on any atom is -0.493 e. The number of carbonyl (C=O) groups is 1. The smallest absolute Gasteiger partial charge is 0.179 e. The summed E-state index contributed by atoms with van der Waals surface area (Å²) in [5, 5.41) is 0.204. The molecule has 0 aliphatic rings. The minimum absolute atomic E-state index is 0.0211. The van der Waals surface area contributed by atoms with Gasteiger partial charge in [-0.1, -0.05) is 18.5 Å². The maximum atomic E-state index is 11.3. The second kappa shape index (κ2) is 6.77. The molecule has 0 N–H and O–H groups in total. The molecule has 0 aliphatic heterocycles. The van der Waals surface area contributed by atoms with Crippen molar-refractivity contribution in [2.45, 2.75) is 6.92 Å². The van der Waals surface area contributed by atoms with Crippen LogP contribution in [-0.4, -0.2) is 39.9 Å². The quantitative estimate of drug-likeness (QED) is 0.720. The zero-order chi connectivity index (χ0) is 14.5. The Morgan fingerprint density at radius 2 is 2.05 bits per heavy atom. The molecule has 0 atom stereocenters. The van der Waals surface area contributed by atoms with Gasteiger partial charge in [-0.3, -0.25) is 4.79 Å². The van der Waals surface area contributed by atoms with Crippen LogP contribution in [0.4, 0.5) is 0 Å². The summed E-state index contributed by atoms with van der Waals surface area (Å²) in [5.74, 6) is 0.494. The van der Waals surface area contributed by atoms with Crippen LogP contribution in [0, 0.1) is 0 Å². The second-order valence-electron chi connectivity index (χ2n) is 3.74. The van der Waals surface area contributed by atoms with Gasteiger partial charge in [-0.05, 0) is 12.1 Å². The van der Waals surface area contributed by atoms with Gasteiger partial charge in [-0.15, -0.1) is 0 Å². The molecule has 0 unspecified atom stereocenters. The van der Waals surface area contributed by atoms with Crippen molar-refractivity contribution >= 4 is 27.7 Å². The average molecular weight is 307 g/mol. The Morgan fingerprint density at radius 1 is 1.37 bits per heavy atom. The summed E-state index contributed by atoms with van der Waals surface area (Å²) in [5.41, 5.74) is 0.357. The number of benzene rings is 1. The summed E-state index contributed by atoms with van der Waals surface area (Å²) < 4.78 is 33.1. The van der Waals surface area contributed by atoms with Crippen LogP contribution in [0.1, 0.15) is 17.3 Å². The first-order chi connectivity index (χ1) is 8.93. The van der Waals surface area contributed by atoms with Gasteiger partial charge < -0.3 is 9.47 Å². The van der Waals surface area contributed by atoms with Gasteiger partial charge in [0.25, 0.3) is 0 Å². The topological polar surface area (TPSA) is 69.7 Å². The highest BCUT2D eigenvalue weighted by atomic mass is 35.5. The predicted molar refractivity (Wildman–Crippen MR) is 73.2 cm³/mol. The van der Waals surface area contributed by atoms with E-state index in [2.05, 4.69) is 0 Å². The third-order valence-electron chi connectivity index (χ3n) is 2.47. The van der Waals surface area contributed by atoms with Crippen LogP contribution in [0.15, 0.2) is 12.1 Å². The fourth-order valence-electron chi connectivity index (χ4n) is 1.36. The van der Waals surface area contributed by atoms with E-state index in [-0.39, 0.29) is 28.9 Å². The van der Waals surface area contributed by atoms with E-state index >= 15 is 0 Å². The molecule has 0 aliphatic carbocycles. The van der Waals surface area contributed by atoms with Gasteiger partial charge in [-0.25, -0.2) is 8.42 Å². The molecule has 0 saturated heterocycles. The van der Waals surface area contributed by atoms with E-state index in [0.29, 0.717) is 17.6 Å². The van der Waals surface area contributed by atoms with Crippen LogP contribution in [0.25, 0.3) is 0 Å². The lowest BCUT2D eigenvalue weighted by Gasteiger charge is -2.12. The number of methoxy groups -OCH3 is 1. The zero-order valence-electron chi connectivity index (χ0n) is 10.7. The molecule has 0 radical (unpaired) electrons. The molecule has 0 fully saturated rings. The molecule has 1 aromatic rings. The highest BCUT2D eigenvalue weighted by Crippen LogP contribution is 2.35. The first-order valence-corrected chi connectivity index (χ1v) is 7.79. The normalized spacial score (nSPS) is 11.1. The first-order valence-electron chi connectivity index (χ1n) is 5.59. The third kappa shape index (κ3) is 4.40. The van der Waals surface area contributed by atoms with E-state index in [1.807, 2.05) is 0 Å². The lowest BCUT2D eigenvalue weighted by molar-refractivity contribution is 0.112. The number of aldehydes is 1. The first kappa shape index (κ1) is 15.8. The van der Waals surface area contributed by atoms with Crippen molar-refractivity contribution in [3.05, 3.63) is 22.7 Å². The Hall–Kier alpha value is -1.27. The van der Waals surface area contributed by atoms with Gasteiger partial charge >= 0.3 is 0 Å². The van der Waals surface area contributed by atoms with Gasteiger partial charge in [0.05, 0.1) is 17.9 Å². The molecule has 1 aromatic carbocycles. The van der Waals surface area contributed by atoms with E-state index < -0.39 is 9.84 Å². The van der Waals surface area contributed by atoms with Crippen LogP contribution in [0.2, 0.25) is 5.02 Å². The lowest BCUT2D eigenvalue weighted by atomic mass is 10.2. The Balaban J connectivity index is 2.86. The summed E-state index contributed by atoms with van der Waals surface area (Å²) >= 11 is 5.96. The average Bonchev–Trinajstić information content (AvgIpc) is 2.39. The standard InChI is InChI=1S/C12H15ClO5S/c1-3-19(15,16)5-4-18-12-10(13)6-9(8-14)7-11(12)17-2/h6-8H,3-5H2,1-2H3. The summed E-state index contributed by atoms with van der Waals surface area (Å²) in [6.45, 7) is 1.55. The van der Waals surface area contributed by atoms with Crippen molar-refractivity contribution in [1.82, 2.24) is 0 Å². The van der Waals surface area contributed by atoms with E-state index in [1.54, 1.807) is 6.92 Å². The molecule has 0 aromatic heterocycles. The van der Waals surface area contributed by atoms with Gasteiger partial charge in [-0.2, -0.15) is 0 Å². The van der Waals surface area contributed by atoms with Crippen molar-refractivity contribution in [1.29, 1.82) is 0 Å². The Kier molecular flexibility index (Phi) is 5.62. The van der Waals surface area contributed by atoms with E-state index in [0.717, 1.165) is 0 Å². The van der Waals surface area contributed by atoms with Gasteiger partial charge in [0.15, 0.2) is 21.3 Å². The van der Waals surface area contributed by atoms with E-state index in [9.17, 15) is 13.2 Å². The molecule has 1 rings (SSSR count). The van der Waals surface area contributed by atoms with E-state index in [4.69, 9.17) is 21.1 Å². The highest BCUT2D eigenvalue weighted by molar-refractivity contribution is 7.91. The predicted octanol–water partition coefficient (Wildman–Crippen LogP) is 1.97. The summed E-state index contributed by atoms with van der Waals surface area (Å²) in [7, 11) is -1.69. The van der Waals surface area contributed by atoms with Crippen LogP contribution in [0.3, 0.4) is 0 Å². The summed E-state index contributed by atoms with van der Waals surface area (Å²) in [6, 6.07) is 2.91. The number of hydrogen-bond donors (Lipinski definition) is 0. The molecule has 106 valence electrons. The van der Waals surface area contributed by atoms with Crippen LogP contribution in [-0.2, 0) is 9.84 Å². The van der Waals surface area contributed by atoms with Gasteiger partial charge in [0, 0.05) is 11.3 Å². The highest BCUT2D eigenvalue weighted by Gasteiger charge is 2.14. The molecule has 0 bridgehead atoms. The number of sulfone groups is 1. The van der Waals surface area contributed by atoms with Crippen LogP contribution >= 0.6 is 11.6 Å². The molecular weight excluding hydrogens is 292 g/mol. The number of ether oxygens (including phenoxy) is 2. The van der Waals surface area contributed by atoms with E-state index in [1.165, 1.54) is 19.2 Å². The molecule has 7 heteroatoms. The maximum absolute atomic E-state index is 11.3. The molecular formula is C12H15ClO5S. The van der Waals surface area contributed by atoms with Crippen LogP contribution in [0.5, 0.6) is 11.5 Å². The minimum atomic E-state index is -3.10. The molecule has 19 heavy (non-hydrogen) atoms. The van der Waals surface area contributed by atoms with Crippen molar-refractivity contribution in [2.24, 2.45) is 0 Å². The van der Waals surface area contributed by atoms with Crippen LogP contribution < -0.4 is 9.47 Å². The largest absolute Gasteiger partial charge is 0.493 e. The van der Waals surface area contributed by atoms with Crippen molar-refractivity contribution in [2.75, 3.05) is 25.2 Å². The molecule has 0 spiro atoms. The second-order valence-corrected chi connectivity index (χ2v) is 6.62. The molecule has 5 nitrogen and oxygen atoms in total. The van der Waals surface area contributed by atoms with Crippen molar-refractivity contribution < 1.29 is 22.7 Å². The van der Waals surface area contributed by atoms with Gasteiger partial charge in [0.2, 0.25) is 0 Å². The number of halogens is 1. The van der Waals surface area contributed by atoms with Gasteiger partial charge in [0.1, 0.15) is 12.9 Å². The lowest BCUT2D eigenvalue weighted by Crippen LogP contribution is -2.16. The molecule has 0 amide bonds. The monoisotopic (exact) mass is 306 g/mol. The van der Waals surface area contributed by atoms with Crippen molar-refractivity contribution in [3.8, 4) is 11.5 Å². The Bertz CT molecular complexity index is 553. The van der Waals surface area contributed by atoms with Crippen molar-refractivity contribution in [3.63, 3.8) is 0 Å². The Labute approximate surface area is 117 Å². The zero-order valence-corrected chi connectivity index (χ0v) is 12.3. The third-order valence-corrected chi connectivity index (χ3v) is 4.42. The summed E-state index contributed by atoms with van der Waals surface area (Å²) in [6.07, 6.45) is 0.639. The molecule has 0 heterocycles. The SMILES string of the molecule is CCS(=O)(=O)CCOc1c(Cl)cc(C=O)cc1OC. The number of hydrogen-bond acceptors (Lipinski definition) is 5. The Morgan fingerprint density at radius 3 is 2.58 bits per heavy atom. The molecule has 0 saturated carbocycles.